The van der Waals surface area contributed by atoms with Crippen molar-refractivity contribution in [2.75, 3.05) is 0 Å². The molecule has 2 N–H and O–H groups in total. The molecule has 0 aliphatic heterocycles. The molecule has 0 radical (unpaired) electrons. The lowest BCUT2D eigenvalue weighted by Crippen LogP contribution is -2.30. The molecule has 3 rings (SSSR count). The normalized spacial score (nSPS) is 13.5. The van der Waals surface area contributed by atoms with Crippen LogP contribution in [0.1, 0.15) is 16.7 Å². The largest absolute Gasteiger partial charge is 0.508 e. The van der Waals surface area contributed by atoms with Crippen molar-refractivity contribution in [3.63, 3.8) is 0 Å². The highest BCUT2D eigenvalue weighted by Gasteiger charge is 2.31. The van der Waals surface area contributed by atoms with Gasteiger partial charge in [0.25, 0.3) is 0 Å². The zero-order chi connectivity index (χ0) is 16.3. The van der Waals surface area contributed by atoms with Crippen molar-refractivity contribution in [3.05, 3.63) is 101 Å². The lowest BCUT2D eigenvalue weighted by atomic mass is 9.81. The second-order valence-electron chi connectivity index (χ2n) is 5.58. The summed E-state index contributed by atoms with van der Waals surface area (Å²) in [5, 5.41) is 21.6. The van der Waals surface area contributed by atoms with Crippen LogP contribution in [0, 0.1) is 0 Å². The van der Waals surface area contributed by atoms with E-state index in [0.717, 1.165) is 16.7 Å². The van der Waals surface area contributed by atoms with Crippen molar-refractivity contribution in [3.8, 4) is 5.75 Å². The van der Waals surface area contributed by atoms with E-state index in [9.17, 15) is 10.2 Å². The maximum absolute atomic E-state index is 11.5. The van der Waals surface area contributed by atoms with Gasteiger partial charge in [0.15, 0.2) is 0 Å². The highest BCUT2D eigenvalue weighted by Crippen LogP contribution is 2.34. The van der Waals surface area contributed by atoms with Crippen molar-refractivity contribution in [1.82, 2.24) is 0 Å². The number of benzene rings is 3. The Morgan fingerprint density at radius 1 is 0.739 bits per heavy atom. The van der Waals surface area contributed by atoms with Crippen LogP contribution in [0.25, 0.3) is 0 Å². The third-order valence-electron chi connectivity index (χ3n) is 3.97. The van der Waals surface area contributed by atoms with E-state index < -0.39 is 5.60 Å². The van der Waals surface area contributed by atoms with Gasteiger partial charge in [-0.25, -0.2) is 0 Å². The van der Waals surface area contributed by atoms with E-state index in [0.29, 0.717) is 11.4 Å². The summed E-state index contributed by atoms with van der Waals surface area (Å²) in [7, 11) is 0. The van der Waals surface area contributed by atoms with Crippen LogP contribution in [0.3, 0.4) is 0 Å². The highest BCUT2D eigenvalue weighted by molar-refractivity contribution is 6.30. The second kappa shape index (κ2) is 6.45. The second-order valence-corrected chi connectivity index (χ2v) is 6.01. The summed E-state index contributed by atoms with van der Waals surface area (Å²) in [5.41, 5.74) is 1.32. The number of hydrogen-bond acceptors (Lipinski definition) is 2. The Hall–Kier alpha value is -2.29. The molecule has 3 heteroatoms. The van der Waals surface area contributed by atoms with E-state index in [2.05, 4.69) is 0 Å². The lowest BCUT2D eigenvalue weighted by molar-refractivity contribution is 0.0811. The quantitative estimate of drug-likeness (QED) is 0.740. The van der Waals surface area contributed by atoms with Gasteiger partial charge in [0.05, 0.1) is 0 Å². The van der Waals surface area contributed by atoms with Crippen LogP contribution in [-0.2, 0) is 12.0 Å². The molecule has 1 unspecified atom stereocenters. The lowest BCUT2D eigenvalue weighted by Gasteiger charge is -2.30. The van der Waals surface area contributed by atoms with Gasteiger partial charge in [-0.05, 0) is 41.0 Å². The average Bonchev–Trinajstić information content (AvgIpc) is 2.57. The fourth-order valence-corrected chi connectivity index (χ4v) is 2.85. The molecule has 0 aliphatic rings. The van der Waals surface area contributed by atoms with Gasteiger partial charge in [-0.1, -0.05) is 66.2 Å². The first kappa shape index (κ1) is 15.6. The van der Waals surface area contributed by atoms with Gasteiger partial charge in [-0.15, -0.1) is 0 Å². The Kier molecular flexibility index (Phi) is 4.37. The minimum Gasteiger partial charge on any atom is -0.508 e. The summed E-state index contributed by atoms with van der Waals surface area (Å²) in [4.78, 5) is 0. The van der Waals surface area contributed by atoms with Crippen LogP contribution in [0.15, 0.2) is 78.9 Å². The molecule has 0 aliphatic carbocycles. The van der Waals surface area contributed by atoms with E-state index in [1.807, 2.05) is 42.5 Å². The number of hydrogen-bond donors (Lipinski definition) is 2. The third kappa shape index (κ3) is 3.39. The fraction of sp³-hybridized carbons (Fsp3) is 0.100. The summed E-state index contributed by atoms with van der Waals surface area (Å²) < 4.78 is 0. The molecule has 0 aromatic heterocycles. The Balaban J connectivity index is 2.08. The molecule has 3 aromatic carbocycles. The molecule has 0 heterocycles. The predicted octanol–water partition coefficient (Wildman–Crippen LogP) is 4.52. The van der Waals surface area contributed by atoms with Crippen LogP contribution in [-0.4, -0.2) is 10.2 Å². The number of phenolic OH excluding ortho intramolecular Hbond substituents is 1. The fourth-order valence-electron chi connectivity index (χ4n) is 2.72. The van der Waals surface area contributed by atoms with Gasteiger partial charge in [-0.2, -0.15) is 0 Å². The monoisotopic (exact) mass is 324 g/mol. The number of aromatic hydroxyl groups is 1. The molecule has 0 bridgehead atoms. The summed E-state index contributed by atoms with van der Waals surface area (Å²) in [6.07, 6.45) is 0.431. The maximum atomic E-state index is 11.5. The molecule has 0 saturated heterocycles. The SMILES string of the molecule is Oc1ccc(C(O)(Cc2ccccc2)c2ccc(Cl)cc2)cc1. The Labute approximate surface area is 140 Å². The predicted molar refractivity (Wildman–Crippen MR) is 92.7 cm³/mol. The molecule has 116 valence electrons. The number of rotatable bonds is 4. The molecule has 0 fully saturated rings. The first-order chi connectivity index (χ1) is 11.1. The number of phenols is 1. The highest BCUT2D eigenvalue weighted by atomic mass is 35.5. The van der Waals surface area contributed by atoms with Crippen LogP contribution < -0.4 is 0 Å². The van der Waals surface area contributed by atoms with Crippen molar-refractivity contribution >= 4 is 11.6 Å². The average molecular weight is 325 g/mol. The number of halogens is 1. The third-order valence-corrected chi connectivity index (χ3v) is 4.22. The molecule has 0 amide bonds. The smallest absolute Gasteiger partial charge is 0.119 e. The topological polar surface area (TPSA) is 40.5 Å². The minimum absolute atomic E-state index is 0.173. The standard InChI is InChI=1S/C20H17ClO2/c21-18-10-6-16(7-11-18)20(23,14-15-4-2-1-3-5-15)17-8-12-19(22)13-9-17/h1-13,22-23H,14H2. The summed E-state index contributed by atoms with van der Waals surface area (Å²) in [6, 6.07) is 23.7. The van der Waals surface area contributed by atoms with Gasteiger partial charge in [0.2, 0.25) is 0 Å². The van der Waals surface area contributed by atoms with Crippen molar-refractivity contribution in [2.45, 2.75) is 12.0 Å². The van der Waals surface area contributed by atoms with Crippen LogP contribution in [0.4, 0.5) is 0 Å². The van der Waals surface area contributed by atoms with Crippen molar-refractivity contribution in [1.29, 1.82) is 0 Å². The molecular formula is C20H17ClO2. The summed E-state index contributed by atoms with van der Waals surface area (Å²) >= 11 is 5.97. The van der Waals surface area contributed by atoms with Crippen LogP contribution in [0.2, 0.25) is 5.02 Å². The zero-order valence-electron chi connectivity index (χ0n) is 12.5. The molecular weight excluding hydrogens is 308 g/mol. The van der Waals surface area contributed by atoms with E-state index in [1.54, 1.807) is 36.4 Å². The first-order valence-electron chi connectivity index (χ1n) is 7.40. The van der Waals surface area contributed by atoms with E-state index in [-0.39, 0.29) is 5.75 Å². The maximum Gasteiger partial charge on any atom is 0.119 e. The Morgan fingerprint density at radius 3 is 1.83 bits per heavy atom. The molecule has 1 atom stereocenters. The van der Waals surface area contributed by atoms with Gasteiger partial charge in [0.1, 0.15) is 11.4 Å². The van der Waals surface area contributed by atoms with Gasteiger partial charge in [0, 0.05) is 11.4 Å². The van der Waals surface area contributed by atoms with Crippen LogP contribution >= 0.6 is 11.6 Å². The van der Waals surface area contributed by atoms with Gasteiger partial charge >= 0.3 is 0 Å². The molecule has 3 aromatic rings. The Bertz CT molecular complexity index is 720. The zero-order valence-corrected chi connectivity index (χ0v) is 13.2. The van der Waals surface area contributed by atoms with Crippen molar-refractivity contribution in [2.24, 2.45) is 0 Å². The molecule has 23 heavy (non-hydrogen) atoms. The molecule has 2 nitrogen and oxygen atoms in total. The summed E-state index contributed by atoms with van der Waals surface area (Å²) in [5.74, 6) is 0.173. The van der Waals surface area contributed by atoms with E-state index in [1.165, 1.54) is 0 Å². The Morgan fingerprint density at radius 2 is 1.26 bits per heavy atom. The van der Waals surface area contributed by atoms with Gasteiger partial charge in [-0.3, -0.25) is 0 Å². The number of aliphatic hydroxyl groups is 1. The van der Waals surface area contributed by atoms with E-state index in [4.69, 9.17) is 11.6 Å². The van der Waals surface area contributed by atoms with E-state index >= 15 is 0 Å². The molecule has 0 spiro atoms. The summed E-state index contributed by atoms with van der Waals surface area (Å²) in [6.45, 7) is 0. The first-order valence-corrected chi connectivity index (χ1v) is 7.77. The van der Waals surface area contributed by atoms with Crippen LogP contribution in [0.5, 0.6) is 5.75 Å². The minimum atomic E-state index is -1.19. The van der Waals surface area contributed by atoms with Gasteiger partial charge < -0.3 is 10.2 Å². The molecule has 0 saturated carbocycles. The van der Waals surface area contributed by atoms with Crippen molar-refractivity contribution < 1.29 is 10.2 Å².